The van der Waals surface area contributed by atoms with Crippen LogP contribution in [0.3, 0.4) is 0 Å². The van der Waals surface area contributed by atoms with E-state index in [0.29, 0.717) is 39.8 Å². The van der Waals surface area contributed by atoms with Crippen LogP contribution in [0.1, 0.15) is 18.5 Å². The zero-order chi connectivity index (χ0) is 26.7. The monoisotopic (exact) mass is 524 g/mol. The minimum atomic E-state index is -0.294. The highest BCUT2D eigenvalue weighted by molar-refractivity contribution is 6.33. The SMILES string of the molecule is C=CC(=O)Nc1cc(Nc2ncc(Cl)c(-c3cnn(C)c3C)n2)c(OC)cc1N1CCC(N(C)C)CC1. The highest BCUT2D eigenvalue weighted by atomic mass is 35.5. The van der Waals surface area contributed by atoms with Gasteiger partial charge >= 0.3 is 0 Å². The summed E-state index contributed by atoms with van der Waals surface area (Å²) in [5.41, 5.74) is 4.46. The molecule has 1 aliphatic rings. The number of aromatic nitrogens is 4. The number of nitrogens with one attached hydrogen (secondary N) is 2. The van der Waals surface area contributed by atoms with Crippen LogP contribution in [0.4, 0.5) is 23.0 Å². The lowest BCUT2D eigenvalue weighted by Gasteiger charge is -2.37. The van der Waals surface area contributed by atoms with Gasteiger partial charge in [0.1, 0.15) is 5.75 Å². The first kappa shape index (κ1) is 26.4. The van der Waals surface area contributed by atoms with Crippen molar-refractivity contribution in [2.75, 3.05) is 49.8 Å². The van der Waals surface area contributed by atoms with Crippen molar-refractivity contribution >= 4 is 40.5 Å². The van der Waals surface area contributed by atoms with Crippen LogP contribution in [0.15, 0.2) is 37.2 Å². The Balaban J connectivity index is 1.69. The number of hydrogen-bond donors (Lipinski definition) is 2. The lowest BCUT2D eigenvalue weighted by molar-refractivity contribution is -0.111. The molecule has 0 atom stereocenters. The average molecular weight is 525 g/mol. The fourth-order valence-corrected chi connectivity index (χ4v) is 4.67. The minimum Gasteiger partial charge on any atom is -0.494 e. The largest absolute Gasteiger partial charge is 0.494 e. The molecule has 196 valence electrons. The lowest BCUT2D eigenvalue weighted by Crippen LogP contribution is -2.42. The quantitative estimate of drug-likeness (QED) is 0.422. The summed E-state index contributed by atoms with van der Waals surface area (Å²) in [6.45, 7) is 7.28. The van der Waals surface area contributed by atoms with E-state index in [1.807, 2.05) is 26.1 Å². The number of methoxy groups -OCH3 is 1. The third kappa shape index (κ3) is 5.70. The highest BCUT2D eigenvalue weighted by Crippen LogP contribution is 2.40. The number of rotatable bonds is 8. The third-order valence-electron chi connectivity index (χ3n) is 6.78. The number of carbonyl (C=O) groups excluding carboxylic acids is 1. The molecule has 37 heavy (non-hydrogen) atoms. The van der Waals surface area contributed by atoms with Crippen LogP contribution >= 0.6 is 11.6 Å². The van der Waals surface area contributed by atoms with Crippen LogP contribution in [0.2, 0.25) is 5.02 Å². The molecule has 2 N–H and O–H groups in total. The number of piperidine rings is 1. The zero-order valence-corrected chi connectivity index (χ0v) is 22.6. The molecule has 0 aliphatic carbocycles. The normalized spacial score (nSPS) is 14.1. The van der Waals surface area contributed by atoms with Crippen LogP contribution in [0.25, 0.3) is 11.3 Å². The number of hydrogen-bond acceptors (Lipinski definition) is 8. The second kappa shape index (κ2) is 11.2. The Morgan fingerprint density at radius 3 is 2.57 bits per heavy atom. The maximum Gasteiger partial charge on any atom is 0.247 e. The molecule has 1 aliphatic heterocycles. The van der Waals surface area contributed by atoms with Crippen molar-refractivity contribution in [3.05, 3.63) is 47.9 Å². The molecular formula is C26H33ClN8O2. The number of carbonyl (C=O) groups is 1. The Labute approximate surface area is 222 Å². The fourth-order valence-electron chi connectivity index (χ4n) is 4.47. The Morgan fingerprint density at radius 2 is 1.97 bits per heavy atom. The van der Waals surface area contributed by atoms with Crippen molar-refractivity contribution in [2.24, 2.45) is 7.05 Å². The van der Waals surface area contributed by atoms with Gasteiger partial charge in [0.2, 0.25) is 11.9 Å². The molecule has 10 nitrogen and oxygen atoms in total. The molecule has 0 spiro atoms. The third-order valence-corrected chi connectivity index (χ3v) is 7.05. The van der Waals surface area contributed by atoms with Crippen LogP contribution in [-0.4, -0.2) is 70.9 Å². The van der Waals surface area contributed by atoms with E-state index in [9.17, 15) is 4.79 Å². The lowest BCUT2D eigenvalue weighted by atomic mass is 10.0. The summed E-state index contributed by atoms with van der Waals surface area (Å²) in [5.74, 6) is 0.637. The summed E-state index contributed by atoms with van der Waals surface area (Å²) < 4.78 is 7.49. The topological polar surface area (TPSA) is 100 Å². The van der Waals surface area contributed by atoms with E-state index in [1.165, 1.54) is 6.08 Å². The van der Waals surface area contributed by atoms with Gasteiger partial charge < -0.3 is 25.2 Å². The molecular weight excluding hydrogens is 492 g/mol. The van der Waals surface area contributed by atoms with Gasteiger partial charge in [-0.1, -0.05) is 18.2 Å². The second-order valence-electron chi connectivity index (χ2n) is 9.23. The summed E-state index contributed by atoms with van der Waals surface area (Å²) >= 11 is 6.43. The van der Waals surface area contributed by atoms with Gasteiger partial charge in [-0.25, -0.2) is 9.97 Å². The Bertz CT molecular complexity index is 1300. The molecule has 0 radical (unpaired) electrons. The molecule has 0 saturated carbocycles. The molecule has 2 aromatic heterocycles. The smallest absolute Gasteiger partial charge is 0.247 e. The maximum atomic E-state index is 12.3. The Kier molecular flexibility index (Phi) is 7.99. The van der Waals surface area contributed by atoms with Crippen molar-refractivity contribution < 1.29 is 9.53 Å². The molecule has 0 bridgehead atoms. The van der Waals surface area contributed by atoms with Crippen LogP contribution in [0.5, 0.6) is 5.75 Å². The van der Waals surface area contributed by atoms with Gasteiger partial charge in [-0.2, -0.15) is 5.10 Å². The van der Waals surface area contributed by atoms with Crippen molar-refractivity contribution in [3.63, 3.8) is 0 Å². The first-order valence-electron chi connectivity index (χ1n) is 12.1. The van der Waals surface area contributed by atoms with Crippen molar-refractivity contribution in [1.82, 2.24) is 24.6 Å². The number of aryl methyl sites for hydroxylation is 1. The van der Waals surface area contributed by atoms with E-state index in [-0.39, 0.29) is 5.91 Å². The fraction of sp³-hybridized carbons (Fsp3) is 0.385. The molecule has 0 unspecified atom stereocenters. The molecule has 1 amide bonds. The van der Waals surface area contributed by atoms with Crippen molar-refractivity contribution in [3.8, 4) is 17.0 Å². The average Bonchev–Trinajstić information content (AvgIpc) is 3.23. The van der Waals surface area contributed by atoms with Crippen molar-refractivity contribution in [2.45, 2.75) is 25.8 Å². The first-order valence-corrected chi connectivity index (χ1v) is 12.4. The molecule has 3 aromatic rings. The van der Waals surface area contributed by atoms with Gasteiger partial charge in [0.05, 0.1) is 47.3 Å². The van der Waals surface area contributed by atoms with Gasteiger partial charge in [0.15, 0.2) is 0 Å². The van der Waals surface area contributed by atoms with Crippen LogP contribution in [-0.2, 0) is 11.8 Å². The van der Waals surface area contributed by atoms with Crippen LogP contribution in [0, 0.1) is 6.92 Å². The molecule has 11 heteroatoms. The molecule has 1 saturated heterocycles. The molecule has 1 aromatic carbocycles. The number of anilines is 4. The minimum absolute atomic E-state index is 0.294. The number of ether oxygens (including phenoxy) is 1. The number of benzene rings is 1. The van der Waals surface area contributed by atoms with Crippen LogP contribution < -0.4 is 20.3 Å². The number of nitrogens with zero attached hydrogens (tertiary/aromatic N) is 6. The van der Waals surface area contributed by atoms with E-state index in [1.54, 1.807) is 24.2 Å². The first-order chi connectivity index (χ1) is 17.7. The number of halogens is 1. The maximum absolute atomic E-state index is 12.3. The number of amides is 1. The van der Waals surface area contributed by atoms with E-state index in [0.717, 1.165) is 42.9 Å². The van der Waals surface area contributed by atoms with E-state index in [4.69, 9.17) is 16.3 Å². The summed E-state index contributed by atoms with van der Waals surface area (Å²) in [6, 6.07) is 4.30. The summed E-state index contributed by atoms with van der Waals surface area (Å²) in [4.78, 5) is 25.8. The van der Waals surface area contributed by atoms with E-state index in [2.05, 4.69) is 56.2 Å². The summed E-state index contributed by atoms with van der Waals surface area (Å²) in [5, 5.41) is 10.9. The van der Waals surface area contributed by atoms with Gasteiger partial charge in [0.25, 0.3) is 0 Å². The predicted octanol–water partition coefficient (Wildman–Crippen LogP) is 4.25. The molecule has 1 fully saturated rings. The highest BCUT2D eigenvalue weighted by Gasteiger charge is 2.24. The summed E-state index contributed by atoms with van der Waals surface area (Å²) in [7, 11) is 7.69. The Hall–Kier alpha value is -3.63. The van der Waals surface area contributed by atoms with Gasteiger partial charge in [0, 0.05) is 43.5 Å². The van der Waals surface area contributed by atoms with Gasteiger partial charge in [-0.3, -0.25) is 9.48 Å². The van der Waals surface area contributed by atoms with E-state index < -0.39 is 0 Å². The predicted molar refractivity (Wildman–Crippen MR) is 148 cm³/mol. The Morgan fingerprint density at radius 1 is 1.24 bits per heavy atom. The van der Waals surface area contributed by atoms with Gasteiger partial charge in [-0.15, -0.1) is 0 Å². The van der Waals surface area contributed by atoms with E-state index >= 15 is 0 Å². The van der Waals surface area contributed by atoms with Crippen molar-refractivity contribution in [1.29, 1.82) is 0 Å². The zero-order valence-electron chi connectivity index (χ0n) is 21.9. The van der Waals surface area contributed by atoms with Gasteiger partial charge in [-0.05, 0) is 46.0 Å². The molecule has 4 rings (SSSR count). The second-order valence-corrected chi connectivity index (χ2v) is 9.63. The molecule has 3 heterocycles. The summed E-state index contributed by atoms with van der Waals surface area (Å²) in [6.07, 6.45) is 6.59. The standard InChI is InChI=1S/C26H33ClN8O2/c1-7-24(36)30-20-12-21(23(37-6)13-22(20)35-10-8-17(9-11-35)33(3)4)31-26-28-15-19(27)25(32-26)18-14-29-34(5)16(18)2/h7,12-15,17H,1,8-11H2,2-6H3,(H,30,36)(H,28,31,32).